The molecule has 0 aliphatic rings. The quantitative estimate of drug-likeness (QED) is 0.835. The number of rotatable bonds is 4. The van der Waals surface area contributed by atoms with Crippen molar-refractivity contribution >= 4 is 0 Å². The van der Waals surface area contributed by atoms with Crippen LogP contribution in [0.5, 0.6) is 0 Å². The third-order valence-corrected chi connectivity index (χ3v) is 3.36. The number of benzene rings is 2. The number of hydrogen-bond donors (Lipinski definition) is 1. The van der Waals surface area contributed by atoms with Crippen molar-refractivity contribution in [2.45, 2.75) is 19.4 Å². The molecule has 0 aliphatic carbocycles. The maximum Gasteiger partial charge on any atom is 0.161 e. The van der Waals surface area contributed by atoms with Gasteiger partial charge in [-0.1, -0.05) is 31.2 Å². The van der Waals surface area contributed by atoms with Gasteiger partial charge in [-0.2, -0.15) is 0 Å². The normalized spacial score (nSPS) is 12.4. The van der Waals surface area contributed by atoms with Crippen LogP contribution in [0.15, 0.2) is 36.4 Å². The lowest BCUT2D eigenvalue weighted by atomic mass is 9.97. The summed E-state index contributed by atoms with van der Waals surface area (Å²) in [5.41, 5.74) is 2.06. The lowest BCUT2D eigenvalue weighted by molar-refractivity contribution is 0.483. The van der Waals surface area contributed by atoms with E-state index < -0.39 is 23.5 Å². The van der Waals surface area contributed by atoms with Crippen LogP contribution in [0, 0.1) is 17.5 Å². The fraction of sp³-hybridized carbons (Fsp3) is 0.250. The summed E-state index contributed by atoms with van der Waals surface area (Å²) in [6.45, 7) is 2.04. The van der Waals surface area contributed by atoms with Crippen LogP contribution in [0.3, 0.4) is 0 Å². The van der Waals surface area contributed by atoms with Crippen molar-refractivity contribution in [3.05, 3.63) is 70.5 Å². The maximum absolute atomic E-state index is 13.9. The van der Waals surface area contributed by atoms with E-state index in [0.717, 1.165) is 23.6 Å². The highest BCUT2D eigenvalue weighted by Crippen LogP contribution is 2.26. The average molecular weight is 279 g/mol. The Morgan fingerprint density at radius 2 is 1.55 bits per heavy atom. The molecule has 0 spiro atoms. The summed E-state index contributed by atoms with van der Waals surface area (Å²) >= 11 is 0. The van der Waals surface area contributed by atoms with E-state index >= 15 is 0 Å². The molecule has 0 saturated heterocycles. The molecule has 0 aromatic heterocycles. The minimum atomic E-state index is -1.18. The molecule has 1 N–H and O–H groups in total. The van der Waals surface area contributed by atoms with Crippen molar-refractivity contribution in [3.63, 3.8) is 0 Å². The fourth-order valence-electron chi connectivity index (χ4n) is 2.21. The van der Waals surface area contributed by atoms with Crippen LogP contribution in [0.4, 0.5) is 13.2 Å². The van der Waals surface area contributed by atoms with E-state index in [2.05, 4.69) is 5.32 Å². The molecular formula is C16H16F3N. The second-order valence-electron chi connectivity index (χ2n) is 4.60. The zero-order valence-electron chi connectivity index (χ0n) is 11.4. The Balaban J connectivity index is 2.43. The first-order valence-corrected chi connectivity index (χ1v) is 6.47. The molecule has 0 amide bonds. The first-order chi connectivity index (χ1) is 9.56. The number of nitrogens with one attached hydrogen (secondary N) is 1. The minimum absolute atomic E-state index is 0.0932. The molecule has 0 saturated carbocycles. The van der Waals surface area contributed by atoms with E-state index in [1.165, 1.54) is 0 Å². The standard InChI is InChI=1S/C16H16F3N/c1-3-10-4-6-11(7-5-10)16(20-2)12-8-14(18)15(19)9-13(12)17/h4-9,16,20H,3H2,1-2H3. The Hall–Kier alpha value is -1.81. The summed E-state index contributed by atoms with van der Waals surface area (Å²) in [4.78, 5) is 0. The molecule has 0 radical (unpaired) electrons. The average Bonchev–Trinajstić information content (AvgIpc) is 2.46. The zero-order valence-corrected chi connectivity index (χ0v) is 11.4. The second-order valence-corrected chi connectivity index (χ2v) is 4.60. The summed E-state index contributed by atoms with van der Waals surface area (Å²) in [5, 5.41) is 2.93. The molecule has 1 nitrogen and oxygen atoms in total. The molecule has 0 heterocycles. The van der Waals surface area contributed by atoms with E-state index in [4.69, 9.17) is 0 Å². The van der Waals surface area contributed by atoms with Crippen molar-refractivity contribution in [2.75, 3.05) is 7.05 Å². The predicted octanol–water partition coefficient (Wildman–Crippen LogP) is 3.98. The molecule has 0 aliphatic heterocycles. The van der Waals surface area contributed by atoms with Gasteiger partial charge in [0.2, 0.25) is 0 Å². The van der Waals surface area contributed by atoms with Gasteiger partial charge >= 0.3 is 0 Å². The van der Waals surface area contributed by atoms with Crippen molar-refractivity contribution in [1.29, 1.82) is 0 Å². The molecule has 1 unspecified atom stereocenters. The van der Waals surface area contributed by atoms with Crippen LogP contribution in [0.2, 0.25) is 0 Å². The minimum Gasteiger partial charge on any atom is -0.309 e. The van der Waals surface area contributed by atoms with Crippen LogP contribution in [-0.4, -0.2) is 7.05 Å². The van der Waals surface area contributed by atoms with Gasteiger partial charge in [-0.25, -0.2) is 13.2 Å². The Kier molecular flexibility index (Phi) is 4.45. The highest BCUT2D eigenvalue weighted by molar-refractivity contribution is 5.35. The van der Waals surface area contributed by atoms with Crippen LogP contribution in [0.25, 0.3) is 0 Å². The lowest BCUT2D eigenvalue weighted by Crippen LogP contribution is -2.19. The zero-order chi connectivity index (χ0) is 14.7. The Bertz CT molecular complexity index is 593. The van der Waals surface area contributed by atoms with E-state index in [9.17, 15) is 13.2 Å². The van der Waals surface area contributed by atoms with E-state index in [-0.39, 0.29) is 5.56 Å². The van der Waals surface area contributed by atoms with Crippen molar-refractivity contribution in [3.8, 4) is 0 Å². The van der Waals surface area contributed by atoms with E-state index in [0.29, 0.717) is 6.07 Å². The van der Waals surface area contributed by atoms with E-state index in [1.807, 2.05) is 31.2 Å². The van der Waals surface area contributed by atoms with E-state index in [1.54, 1.807) is 7.05 Å². The Morgan fingerprint density at radius 1 is 0.950 bits per heavy atom. The topological polar surface area (TPSA) is 12.0 Å². The monoisotopic (exact) mass is 279 g/mol. The highest BCUT2D eigenvalue weighted by atomic mass is 19.2. The van der Waals surface area contributed by atoms with Gasteiger partial charge in [-0.3, -0.25) is 0 Å². The van der Waals surface area contributed by atoms with Crippen molar-refractivity contribution < 1.29 is 13.2 Å². The van der Waals surface area contributed by atoms with Gasteiger partial charge in [-0.05, 0) is 30.7 Å². The molecule has 106 valence electrons. The molecule has 1 atom stereocenters. The number of halogens is 3. The first-order valence-electron chi connectivity index (χ1n) is 6.47. The number of aryl methyl sites for hydroxylation is 1. The summed E-state index contributed by atoms with van der Waals surface area (Å²) in [5.74, 6) is -2.99. The van der Waals surface area contributed by atoms with Gasteiger partial charge in [0.05, 0.1) is 6.04 Å². The third-order valence-electron chi connectivity index (χ3n) is 3.36. The molecule has 20 heavy (non-hydrogen) atoms. The van der Waals surface area contributed by atoms with Gasteiger partial charge < -0.3 is 5.32 Å². The number of hydrogen-bond acceptors (Lipinski definition) is 1. The molecule has 0 bridgehead atoms. The summed E-state index contributed by atoms with van der Waals surface area (Å²) < 4.78 is 40.2. The maximum atomic E-state index is 13.9. The largest absolute Gasteiger partial charge is 0.309 e. The lowest BCUT2D eigenvalue weighted by Gasteiger charge is -2.18. The van der Waals surface area contributed by atoms with Gasteiger partial charge in [-0.15, -0.1) is 0 Å². The third kappa shape index (κ3) is 2.85. The van der Waals surface area contributed by atoms with Gasteiger partial charge in [0, 0.05) is 11.6 Å². The fourth-order valence-corrected chi connectivity index (χ4v) is 2.21. The van der Waals surface area contributed by atoms with Crippen LogP contribution < -0.4 is 5.32 Å². The molecule has 2 aromatic carbocycles. The summed E-state index contributed by atoms with van der Waals surface area (Å²) in [6, 6.07) is 8.57. The van der Waals surface area contributed by atoms with Crippen LogP contribution >= 0.6 is 0 Å². The van der Waals surface area contributed by atoms with Crippen molar-refractivity contribution in [2.24, 2.45) is 0 Å². The van der Waals surface area contributed by atoms with Gasteiger partial charge in [0.15, 0.2) is 11.6 Å². The molecule has 2 aromatic rings. The highest BCUT2D eigenvalue weighted by Gasteiger charge is 2.19. The Morgan fingerprint density at radius 3 is 2.10 bits per heavy atom. The smallest absolute Gasteiger partial charge is 0.161 e. The first kappa shape index (κ1) is 14.6. The predicted molar refractivity (Wildman–Crippen MR) is 73.0 cm³/mol. The SMILES string of the molecule is CCc1ccc(C(NC)c2cc(F)c(F)cc2F)cc1. The molecule has 0 fully saturated rings. The van der Waals surface area contributed by atoms with Crippen LogP contribution in [-0.2, 0) is 6.42 Å². The van der Waals surface area contributed by atoms with Gasteiger partial charge in [0.25, 0.3) is 0 Å². The Labute approximate surface area is 116 Å². The second kappa shape index (κ2) is 6.09. The molecular weight excluding hydrogens is 263 g/mol. The van der Waals surface area contributed by atoms with Crippen molar-refractivity contribution in [1.82, 2.24) is 5.32 Å². The summed E-state index contributed by atoms with van der Waals surface area (Å²) in [6.07, 6.45) is 0.907. The van der Waals surface area contributed by atoms with Gasteiger partial charge in [0.1, 0.15) is 5.82 Å². The molecule has 4 heteroatoms. The summed E-state index contributed by atoms with van der Waals surface area (Å²) in [7, 11) is 1.65. The molecule has 2 rings (SSSR count). The van der Waals surface area contributed by atoms with Crippen LogP contribution in [0.1, 0.15) is 29.7 Å².